The Balaban J connectivity index is 8.25. The number of hydroxylamine groups is 4. The Morgan fingerprint density at radius 2 is 0.575 bits per heavy atom. The van der Waals surface area contributed by atoms with E-state index in [0.29, 0.717) is 10.1 Å². The zero-order chi connectivity index (χ0) is 33.4. The lowest BCUT2D eigenvalue weighted by Crippen LogP contribution is -2.85. The van der Waals surface area contributed by atoms with Crippen molar-refractivity contribution >= 4 is 0 Å². The number of alkyl halides is 24. The first-order valence-electron chi connectivity index (χ1n) is 7.91. The SMILES string of the molecule is FO[N+](OF)(C(F)(F)F)C(F)(F)C(F)(C(F)(F)C(F)(F)F)C(F)(F)C(F)(F)C(F)(F)C(F)(F)C(F)(F)C(F)(F)F. The van der Waals surface area contributed by atoms with Gasteiger partial charge in [0.2, 0.25) is 0 Å². The van der Waals surface area contributed by atoms with E-state index in [1.165, 1.54) is 0 Å². The van der Waals surface area contributed by atoms with Gasteiger partial charge in [-0.1, -0.05) is 0 Å². The lowest BCUT2D eigenvalue weighted by atomic mass is 9.79. The van der Waals surface area contributed by atoms with Gasteiger partial charge in [0, 0.05) is 9.05 Å². The molecule has 0 aromatic heterocycles. The van der Waals surface area contributed by atoms with Crippen molar-refractivity contribution in [3.05, 3.63) is 0 Å². The van der Waals surface area contributed by atoms with Crippen LogP contribution in [0.2, 0.25) is 0 Å². The summed E-state index contributed by atoms with van der Waals surface area (Å²) in [7, 11) is 0. The van der Waals surface area contributed by atoms with Crippen molar-refractivity contribution < 1.29 is 129 Å². The van der Waals surface area contributed by atoms with Crippen molar-refractivity contribution in [2.24, 2.45) is 0 Å². The molecule has 0 heterocycles. The molecule has 40 heavy (non-hydrogen) atoms. The molecule has 0 radical (unpaired) electrons. The topological polar surface area (TPSA) is 18.5 Å². The molecule has 0 saturated heterocycles. The standard InChI is InChI=1S/C11F26NO2/c12-1(3(15,16)8(25,26)27,10(31,32)38(39-36,40-37)11(33,34)35)2(13,14)4(17,18)5(19,20)6(21,22)7(23,24)9(28,29)30/q+1. The Morgan fingerprint density at radius 1 is 0.325 bits per heavy atom. The van der Waals surface area contributed by atoms with Crippen LogP contribution in [-0.4, -0.2) is 70.7 Å². The summed E-state index contributed by atoms with van der Waals surface area (Å²) in [5.41, 5.74) is -10.2. The third kappa shape index (κ3) is 4.17. The molecule has 0 bridgehead atoms. The van der Waals surface area contributed by atoms with E-state index in [-0.39, 0.29) is 0 Å². The van der Waals surface area contributed by atoms with E-state index in [1.54, 1.807) is 0 Å². The molecule has 0 rings (SSSR count). The van der Waals surface area contributed by atoms with Crippen LogP contribution >= 0.6 is 0 Å². The van der Waals surface area contributed by atoms with Crippen LogP contribution in [-0.2, 0) is 10.1 Å². The lowest BCUT2D eigenvalue weighted by Gasteiger charge is -2.47. The summed E-state index contributed by atoms with van der Waals surface area (Å²) >= 11 is 0. The first-order chi connectivity index (χ1) is 16.9. The molecule has 3 nitrogen and oxygen atoms in total. The summed E-state index contributed by atoms with van der Waals surface area (Å²) in [6.45, 7) is 0. The van der Waals surface area contributed by atoms with Crippen LogP contribution < -0.4 is 0 Å². The molecular weight excluding hydrogens is 672 g/mol. The second-order valence-electron chi connectivity index (χ2n) is 6.80. The zero-order valence-corrected chi connectivity index (χ0v) is 16.6. The Bertz CT molecular complexity index is 907. The Morgan fingerprint density at radius 3 is 0.800 bits per heavy atom. The van der Waals surface area contributed by atoms with E-state index in [2.05, 4.69) is 0 Å². The van der Waals surface area contributed by atoms with Gasteiger partial charge < -0.3 is 0 Å². The van der Waals surface area contributed by atoms with Gasteiger partial charge in [-0.05, 0) is 0 Å². The van der Waals surface area contributed by atoms with E-state index >= 15 is 0 Å². The highest BCUT2D eigenvalue weighted by molar-refractivity contribution is 5.21. The molecule has 0 aliphatic rings. The Kier molecular flexibility index (Phi) is 8.83. The highest BCUT2D eigenvalue weighted by Gasteiger charge is 3.06. The highest BCUT2D eigenvalue weighted by atomic mass is 19.4. The van der Waals surface area contributed by atoms with Crippen LogP contribution in [0.15, 0.2) is 0 Å². The van der Waals surface area contributed by atoms with Crippen molar-refractivity contribution in [2.75, 3.05) is 0 Å². The van der Waals surface area contributed by atoms with E-state index in [0.717, 1.165) is 0 Å². The average molecular weight is 672 g/mol. The van der Waals surface area contributed by atoms with Gasteiger partial charge in [0.25, 0.3) is 0 Å². The van der Waals surface area contributed by atoms with Crippen molar-refractivity contribution in [1.82, 2.24) is 0 Å². The van der Waals surface area contributed by atoms with Crippen LogP contribution in [0, 0.1) is 0 Å². The fourth-order valence-corrected chi connectivity index (χ4v) is 2.29. The second kappa shape index (κ2) is 9.28. The fraction of sp³-hybridized carbons (Fsp3) is 1.00. The molecule has 0 saturated carbocycles. The Labute approximate surface area is 197 Å². The molecule has 0 fully saturated rings. The van der Waals surface area contributed by atoms with Crippen molar-refractivity contribution in [3.63, 3.8) is 0 Å². The van der Waals surface area contributed by atoms with Gasteiger partial charge in [-0.15, -0.1) is 22.0 Å². The fourth-order valence-electron chi connectivity index (χ4n) is 2.29. The van der Waals surface area contributed by atoms with Crippen LogP contribution in [0.5, 0.6) is 0 Å². The first-order valence-corrected chi connectivity index (χ1v) is 7.91. The van der Waals surface area contributed by atoms with Crippen molar-refractivity contribution in [1.29, 1.82) is 0 Å². The van der Waals surface area contributed by atoms with Crippen molar-refractivity contribution in [2.45, 2.75) is 65.9 Å². The molecule has 0 spiro atoms. The molecule has 29 heteroatoms. The average Bonchev–Trinajstić information content (AvgIpc) is 2.70. The maximum atomic E-state index is 14.5. The van der Waals surface area contributed by atoms with Crippen LogP contribution in [0.1, 0.15) is 0 Å². The van der Waals surface area contributed by atoms with Crippen LogP contribution in [0.3, 0.4) is 0 Å². The van der Waals surface area contributed by atoms with Gasteiger partial charge in [0.15, 0.2) is 4.81 Å². The zero-order valence-electron chi connectivity index (χ0n) is 16.6. The largest absolute Gasteiger partial charge is 0.636 e. The number of hydrogen-bond acceptors (Lipinski definition) is 2. The first kappa shape index (κ1) is 38.1. The Hall–Kier alpha value is -1.94. The highest BCUT2D eigenvalue weighted by Crippen LogP contribution is 2.69. The smallest absolute Gasteiger partial charge is 0.215 e. The summed E-state index contributed by atoms with van der Waals surface area (Å²) in [6.07, 6.45) is -25.6. The normalized spacial score (nSPS) is 18.1. The number of quaternary nitrogens is 1. The third-order valence-electron chi connectivity index (χ3n) is 4.47. The predicted octanol–water partition coefficient (Wildman–Crippen LogP) is 8.19. The maximum Gasteiger partial charge on any atom is 0.636 e. The summed E-state index contributed by atoms with van der Waals surface area (Å²) in [5.74, 6) is -57.6. The van der Waals surface area contributed by atoms with E-state index < -0.39 is 70.7 Å². The molecule has 0 amide bonds. The van der Waals surface area contributed by atoms with Gasteiger partial charge in [0.05, 0.1) is 10.1 Å². The third-order valence-corrected chi connectivity index (χ3v) is 4.47. The molecule has 242 valence electrons. The molecule has 0 aliphatic carbocycles. The molecule has 0 N–H and O–H groups in total. The van der Waals surface area contributed by atoms with Gasteiger partial charge in [-0.25, -0.2) is 4.39 Å². The van der Waals surface area contributed by atoms with Gasteiger partial charge >= 0.3 is 65.9 Å². The second-order valence-corrected chi connectivity index (χ2v) is 6.80. The van der Waals surface area contributed by atoms with Crippen LogP contribution in [0.25, 0.3) is 0 Å². The number of halogens is 26. The monoisotopic (exact) mass is 672 g/mol. The maximum absolute atomic E-state index is 14.5. The summed E-state index contributed by atoms with van der Waals surface area (Å²) in [6, 6.07) is -9.70. The minimum absolute atomic E-state index is 0.672. The van der Waals surface area contributed by atoms with Gasteiger partial charge in [-0.3, -0.25) is 0 Å². The van der Waals surface area contributed by atoms with Gasteiger partial charge in [0.1, 0.15) is 0 Å². The summed E-state index contributed by atoms with van der Waals surface area (Å²) < 4.78 is 340. The predicted molar refractivity (Wildman–Crippen MR) is 61.3 cm³/mol. The molecule has 0 aliphatic heterocycles. The van der Waals surface area contributed by atoms with E-state index in [9.17, 15) is 114 Å². The van der Waals surface area contributed by atoms with Gasteiger partial charge in [-0.2, -0.15) is 79.0 Å². The molecular formula is C11F26NO2+. The van der Waals surface area contributed by atoms with E-state index in [1.807, 2.05) is 0 Å². The summed E-state index contributed by atoms with van der Waals surface area (Å²) in [5, 5.41) is 1.34. The minimum atomic E-state index is -10.2. The number of nitrogens with zero attached hydrogens (tertiary/aromatic N) is 1. The minimum Gasteiger partial charge on any atom is -0.215 e. The molecule has 0 aromatic carbocycles. The summed E-state index contributed by atoms with van der Waals surface area (Å²) in [4.78, 5) is -7.51. The van der Waals surface area contributed by atoms with Crippen molar-refractivity contribution in [3.8, 4) is 0 Å². The molecule has 1 atom stereocenters. The quantitative estimate of drug-likeness (QED) is 0.101. The van der Waals surface area contributed by atoms with Crippen LogP contribution in [0.4, 0.5) is 114 Å². The number of hydrogen-bond donors (Lipinski definition) is 0. The number of rotatable bonds is 10. The molecule has 1 unspecified atom stereocenters. The molecule has 0 aromatic rings. The van der Waals surface area contributed by atoms with E-state index in [4.69, 9.17) is 0 Å². The lowest BCUT2D eigenvalue weighted by molar-refractivity contribution is -1.38.